The fourth-order valence-electron chi connectivity index (χ4n) is 0.444. The number of Topliss-reactive ketones (excluding diaryl/α,β-unsaturated/α-hetero) is 1. The summed E-state index contributed by atoms with van der Waals surface area (Å²) < 4.78 is 1.51. The Bertz CT molecular complexity index is 200. The van der Waals surface area contributed by atoms with E-state index in [4.69, 9.17) is 5.26 Å². The van der Waals surface area contributed by atoms with Gasteiger partial charge >= 0.3 is 0 Å². The van der Waals surface area contributed by atoms with Gasteiger partial charge in [0.15, 0.2) is 5.78 Å². The van der Waals surface area contributed by atoms with Crippen LogP contribution in [0.1, 0.15) is 13.8 Å². The van der Waals surface area contributed by atoms with E-state index in [1.807, 2.05) is 28.7 Å². The highest BCUT2D eigenvalue weighted by atomic mass is 127. The Balaban J connectivity index is 4.38. The van der Waals surface area contributed by atoms with Gasteiger partial charge in [-0.05, 0) is 4.08 Å². The number of nitriles is 1. The number of hydrogen-bond acceptors (Lipinski definition) is 2. The monoisotopic (exact) mass is 249 g/mol. The molecule has 2 nitrogen and oxygen atoms in total. The highest BCUT2D eigenvalue weighted by molar-refractivity contribution is 14.1. The summed E-state index contributed by atoms with van der Waals surface area (Å²) in [4.78, 5) is 11.0. The second kappa shape index (κ2) is 4.45. The lowest BCUT2D eigenvalue weighted by Crippen LogP contribution is -2.08. The number of hydrogen-bond donors (Lipinski definition) is 0. The average Bonchev–Trinajstić information content (AvgIpc) is 1.90. The molecule has 0 bridgehead atoms. The van der Waals surface area contributed by atoms with Crippen LogP contribution in [-0.2, 0) is 4.79 Å². The maximum absolute atomic E-state index is 11.0. The predicted octanol–water partition coefficient (Wildman–Crippen LogP) is 2.05. The molecule has 0 unspecified atom stereocenters. The summed E-state index contributed by atoms with van der Waals surface area (Å²) in [5.74, 6) is -0.169. The summed E-state index contributed by atoms with van der Waals surface area (Å²) in [6.07, 6.45) is 0. The molecule has 10 heavy (non-hydrogen) atoms. The largest absolute Gasteiger partial charge is 0.293 e. The SMILES string of the molecule is CC(C)C(=O)C(C#N)=CI. The lowest BCUT2D eigenvalue weighted by molar-refractivity contribution is -0.117. The summed E-state index contributed by atoms with van der Waals surface area (Å²) >= 11 is 1.89. The van der Waals surface area contributed by atoms with Gasteiger partial charge in [0, 0.05) is 5.92 Å². The first-order chi connectivity index (χ1) is 4.63. The molecule has 0 aromatic carbocycles. The van der Waals surface area contributed by atoms with Crippen molar-refractivity contribution in [1.29, 1.82) is 5.26 Å². The maximum Gasteiger partial charge on any atom is 0.176 e. The highest BCUT2D eigenvalue weighted by Crippen LogP contribution is 2.06. The van der Waals surface area contributed by atoms with Crippen LogP contribution in [0.4, 0.5) is 0 Å². The minimum atomic E-state index is -0.0862. The van der Waals surface area contributed by atoms with Crippen molar-refractivity contribution in [3.8, 4) is 6.07 Å². The van der Waals surface area contributed by atoms with Crippen molar-refractivity contribution >= 4 is 28.4 Å². The van der Waals surface area contributed by atoms with Gasteiger partial charge in [-0.2, -0.15) is 5.26 Å². The Labute approximate surface area is 74.1 Å². The number of nitrogens with zero attached hydrogens (tertiary/aromatic N) is 1. The van der Waals surface area contributed by atoms with E-state index in [2.05, 4.69) is 0 Å². The Morgan fingerprint density at radius 3 is 2.30 bits per heavy atom. The quantitative estimate of drug-likeness (QED) is 0.427. The molecule has 0 spiro atoms. The molecule has 0 N–H and O–H groups in total. The summed E-state index contributed by atoms with van der Waals surface area (Å²) in [5.41, 5.74) is 0.246. The number of ketones is 1. The first-order valence-corrected chi connectivity index (χ1v) is 4.12. The van der Waals surface area contributed by atoms with Crippen molar-refractivity contribution in [3.63, 3.8) is 0 Å². The maximum atomic E-state index is 11.0. The zero-order valence-corrected chi connectivity index (χ0v) is 8.05. The molecule has 0 heterocycles. The number of carbonyl (C=O) groups is 1. The van der Waals surface area contributed by atoms with Gasteiger partial charge in [0.25, 0.3) is 0 Å². The number of rotatable bonds is 2. The van der Waals surface area contributed by atoms with Gasteiger partial charge < -0.3 is 0 Å². The molecular weight excluding hydrogens is 241 g/mol. The van der Waals surface area contributed by atoms with Crippen molar-refractivity contribution in [2.24, 2.45) is 5.92 Å². The highest BCUT2D eigenvalue weighted by Gasteiger charge is 2.11. The molecule has 0 aliphatic heterocycles. The van der Waals surface area contributed by atoms with Gasteiger partial charge in [-0.1, -0.05) is 36.4 Å². The van der Waals surface area contributed by atoms with Crippen LogP contribution in [0.5, 0.6) is 0 Å². The van der Waals surface area contributed by atoms with E-state index in [1.54, 1.807) is 13.8 Å². The molecule has 3 heteroatoms. The van der Waals surface area contributed by atoms with Crippen LogP contribution in [0.2, 0.25) is 0 Å². The van der Waals surface area contributed by atoms with Crippen LogP contribution < -0.4 is 0 Å². The van der Waals surface area contributed by atoms with Gasteiger partial charge in [-0.3, -0.25) is 4.79 Å². The molecular formula is C7H8INO. The number of halogens is 1. The van der Waals surface area contributed by atoms with Gasteiger partial charge in [0.2, 0.25) is 0 Å². The second-order valence-electron chi connectivity index (χ2n) is 2.15. The van der Waals surface area contributed by atoms with E-state index in [0.29, 0.717) is 0 Å². The summed E-state index contributed by atoms with van der Waals surface area (Å²) in [6.45, 7) is 3.56. The van der Waals surface area contributed by atoms with Crippen molar-refractivity contribution < 1.29 is 4.79 Å². The Hall–Kier alpha value is -0.370. The molecule has 0 aliphatic carbocycles. The third kappa shape index (κ3) is 2.48. The Morgan fingerprint density at radius 2 is 2.20 bits per heavy atom. The molecule has 0 aromatic rings. The molecule has 0 aliphatic rings. The number of carbonyl (C=O) groups excluding carboxylic acids is 1. The van der Waals surface area contributed by atoms with Gasteiger partial charge in [-0.25, -0.2) is 0 Å². The van der Waals surface area contributed by atoms with Crippen LogP contribution >= 0.6 is 22.6 Å². The zero-order chi connectivity index (χ0) is 8.15. The molecule has 54 valence electrons. The normalized spacial score (nSPS) is 11.3. The number of allylic oxidation sites excluding steroid dienone is 1. The zero-order valence-electron chi connectivity index (χ0n) is 5.89. The van der Waals surface area contributed by atoms with Gasteiger partial charge in [-0.15, -0.1) is 0 Å². The van der Waals surface area contributed by atoms with E-state index in [1.165, 1.54) is 4.08 Å². The van der Waals surface area contributed by atoms with E-state index >= 15 is 0 Å². The summed E-state index contributed by atoms with van der Waals surface area (Å²) in [6, 6.07) is 1.84. The van der Waals surface area contributed by atoms with Crippen molar-refractivity contribution in [2.75, 3.05) is 0 Å². The first-order valence-electron chi connectivity index (χ1n) is 2.88. The van der Waals surface area contributed by atoms with E-state index in [0.717, 1.165) is 0 Å². The van der Waals surface area contributed by atoms with Crippen molar-refractivity contribution in [1.82, 2.24) is 0 Å². The minimum absolute atomic E-state index is 0.0827. The van der Waals surface area contributed by atoms with Gasteiger partial charge in [0.1, 0.15) is 11.6 Å². The smallest absolute Gasteiger partial charge is 0.176 e. The molecule has 0 amide bonds. The topological polar surface area (TPSA) is 40.9 Å². The molecule has 0 aromatic heterocycles. The van der Waals surface area contributed by atoms with Crippen LogP contribution in [0.25, 0.3) is 0 Å². The molecule has 0 saturated heterocycles. The van der Waals surface area contributed by atoms with Crippen LogP contribution in [0.3, 0.4) is 0 Å². The van der Waals surface area contributed by atoms with Crippen molar-refractivity contribution in [3.05, 3.63) is 9.66 Å². The van der Waals surface area contributed by atoms with Crippen LogP contribution in [-0.4, -0.2) is 5.78 Å². The second-order valence-corrected chi connectivity index (χ2v) is 2.78. The third-order valence-electron chi connectivity index (χ3n) is 1.02. The molecule has 0 rings (SSSR count). The molecule has 0 saturated carbocycles. The van der Waals surface area contributed by atoms with E-state index in [9.17, 15) is 4.79 Å². The summed E-state index contributed by atoms with van der Waals surface area (Å²) in [7, 11) is 0. The Kier molecular flexibility index (Phi) is 4.28. The molecule has 0 radical (unpaired) electrons. The third-order valence-corrected chi connectivity index (χ3v) is 1.64. The van der Waals surface area contributed by atoms with E-state index in [-0.39, 0.29) is 17.3 Å². The van der Waals surface area contributed by atoms with E-state index < -0.39 is 0 Å². The fourth-order valence-corrected chi connectivity index (χ4v) is 0.890. The average molecular weight is 249 g/mol. The molecule has 0 atom stereocenters. The predicted molar refractivity (Wildman–Crippen MR) is 47.6 cm³/mol. The minimum Gasteiger partial charge on any atom is -0.293 e. The summed E-state index contributed by atoms with van der Waals surface area (Å²) in [5, 5.41) is 8.40. The van der Waals surface area contributed by atoms with Crippen molar-refractivity contribution in [2.45, 2.75) is 13.8 Å². The van der Waals surface area contributed by atoms with Crippen LogP contribution in [0.15, 0.2) is 9.66 Å². The molecule has 0 fully saturated rings. The Morgan fingerprint density at radius 1 is 1.70 bits per heavy atom. The standard InChI is InChI=1S/C7H8INO/c1-5(2)7(10)6(3-8)4-9/h3,5H,1-2H3. The lowest BCUT2D eigenvalue weighted by atomic mass is 10.0. The fraction of sp³-hybridized carbons (Fsp3) is 0.429. The lowest BCUT2D eigenvalue weighted by Gasteiger charge is -1.98. The van der Waals surface area contributed by atoms with Crippen LogP contribution in [0, 0.1) is 17.2 Å². The van der Waals surface area contributed by atoms with Gasteiger partial charge in [0.05, 0.1) is 0 Å². The first kappa shape index (κ1) is 9.63.